The van der Waals surface area contributed by atoms with Crippen molar-refractivity contribution in [2.45, 2.75) is 44.9 Å². The van der Waals surface area contributed by atoms with Crippen LogP contribution >= 0.6 is 0 Å². The van der Waals surface area contributed by atoms with Gasteiger partial charge >= 0.3 is 12.1 Å². The monoisotopic (exact) mass is 230 g/mol. The van der Waals surface area contributed by atoms with Crippen LogP contribution in [0.15, 0.2) is 0 Å². The molecule has 1 heterocycles. The fraction of sp³-hybridized carbons (Fsp3) is 0.800. The number of ether oxygens (including phenoxy) is 1. The Labute approximate surface area is 94.3 Å². The van der Waals surface area contributed by atoms with Gasteiger partial charge < -0.3 is 20.5 Å². The van der Waals surface area contributed by atoms with Crippen molar-refractivity contribution < 1.29 is 19.4 Å². The third-order valence-corrected chi connectivity index (χ3v) is 2.15. The summed E-state index contributed by atoms with van der Waals surface area (Å²) < 4.78 is 5.07. The van der Waals surface area contributed by atoms with E-state index < -0.39 is 23.7 Å². The molecule has 1 aliphatic heterocycles. The smallest absolute Gasteiger partial charge is 0.407 e. The van der Waals surface area contributed by atoms with Crippen LogP contribution in [-0.2, 0) is 9.53 Å². The van der Waals surface area contributed by atoms with Crippen molar-refractivity contribution >= 4 is 12.1 Å². The molecule has 0 spiro atoms. The summed E-state index contributed by atoms with van der Waals surface area (Å²) >= 11 is 0. The normalized spacial score (nSPS) is 25.2. The highest BCUT2D eigenvalue weighted by Gasteiger charge is 2.30. The van der Waals surface area contributed by atoms with Crippen LogP contribution in [0, 0.1) is 0 Å². The standard InChI is InChI=1S/C10H18N2O4/c1-10(2,3)16-9(15)12-6-4-7(8(13)14)11-5-6/h6-7,11H,4-5H2,1-3H3,(H,12,15)(H,13,14)/t6-,7-/m1/s1. The Morgan fingerprint density at radius 1 is 1.44 bits per heavy atom. The van der Waals surface area contributed by atoms with Crippen molar-refractivity contribution in [3.8, 4) is 0 Å². The Morgan fingerprint density at radius 3 is 2.50 bits per heavy atom. The number of carboxylic acid groups (broad SMARTS) is 1. The minimum atomic E-state index is -0.895. The first-order valence-electron chi connectivity index (χ1n) is 5.23. The highest BCUT2D eigenvalue weighted by molar-refractivity contribution is 5.74. The van der Waals surface area contributed by atoms with E-state index in [0.717, 1.165) is 0 Å². The number of rotatable bonds is 2. The van der Waals surface area contributed by atoms with Gasteiger partial charge in [-0.25, -0.2) is 4.79 Å². The third kappa shape index (κ3) is 4.06. The van der Waals surface area contributed by atoms with Crippen molar-refractivity contribution in [3.63, 3.8) is 0 Å². The number of hydrogen-bond acceptors (Lipinski definition) is 4. The predicted octanol–water partition coefficient (Wildman–Crippen LogP) is 0.326. The van der Waals surface area contributed by atoms with Gasteiger partial charge in [0, 0.05) is 12.6 Å². The molecular formula is C10H18N2O4. The van der Waals surface area contributed by atoms with Crippen LogP contribution in [0.1, 0.15) is 27.2 Å². The Hall–Kier alpha value is -1.30. The van der Waals surface area contributed by atoms with E-state index in [4.69, 9.17) is 9.84 Å². The Bertz CT molecular complexity index is 285. The lowest BCUT2D eigenvalue weighted by atomic mass is 10.2. The van der Waals surface area contributed by atoms with Gasteiger partial charge in [-0.1, -0.05) is 0 Å². The third-order valence-electron chi connectivity index (χ3n) is 2.15. The zero-order valence-corrected chi connectivity index (χ0v) is 9.74. The molecule has 1 saturated heterocycles. The number of carboxylic acids is 1. The largest absolute Gasteiger partial charge is 0.480 e. The minimum Gasteiger partial charge on any atom is -0.480 e. The van der Waals surface area contributed by atoms with Crippen LogP contribution < -0.4 is 10.6 Å². The van der Waals surface area contributed by atoms with E-state index in [-0.39, 0.29) is 6.04 Å². The van der Waals surface area contributed by atoms with Gasteiger partial charge in [0.2, 0.25) is 0 Å². The molecule has 1 rings (SSSR count). The van der Waals surface area contributed by atoms with Gasteiger partial charge in [0.15, 0.2) is 0 Å². The summed E-state index contributed by atoms with van der Waals surface area (Å²) in [5, 5.41) is 14.2. The molecule has 0 aromatic carbocycles. The molecule has 0 aliphatic carbocycles. The minimum absolute atomic E-state index is 0.184. The topological polar surface area (TPSA) is 87.7 Å². The van der Waals surface area contributed by atoms with Crippen LogP contribution in [0.5, 0.6) is 0 Å². The lowest BCUT2D eigenvalue weighted by molar-refractivity contribution is -0.139. The van der Waals surface area contributed by atoms with Gasteiger partial charge in [-0.15, -0.1) is 0 Å². The number of nitrogens with one attached hydrogen (secondary N) is 2. The highest BCUT2D eigenvalue weighted by Crippen LogP contribution is 2.10. The molecule has 1 aliphatic rings. The molecule has 0 bridgehead atoms. The molecular weight excluding hydrogens is 212 g/mol. The van der Waals surface area contributed by atoms with Crippen LogP contribution in [0.2, 0.25) is 0 Å². The molecule has 3 N–H and O–H groups in total. The van der Waals surface area contributed by atoms with Gasteiger partial charge in [-0.3, -0.25) is 4.79 Å². The number of amides is 1. The number of hydrogen-bond donors (Lipinski definition) is 3. The zero-order valence-electron chi connectivity index (χ0n) is 9.74. The zero-order chi connectivity index (χ0) is 12.3. The van der Waals surface area contributed by atoms with Crippen LogP contribution in [0.4, 0.5) is 4.79 Å². The molecule has 0 aromatic heterocycles. The molecule has 0 radical (unpaired) electrons. The Balaban J connectivity index is 2.34. The first kappa shape index (κ1) is 12.8. The molecule has 6 nitrogen and oxygen atoms in total. The van der Waals surface area contributed by atoms with Crippen molar-refractivity contribution in [3.05, 3.63) is 0 Å². The van der Waals surface area contributed by atoms with Crippen molar-refractivity contribution in [2.24, 2.45) is 0 Å². The first-order chi connectivity index (χ1) is 7.28. The SMILES string of the molecule is CC(C)(C)OC(=O)N[C@H]1CN[C@@H](C(=O)O)C1. The van der Waals surface area contributed by atoms with Gasteiger partial charge in [0.1, 0.15) is 11.6 Å². The fourth-order valence-corrected chi connectivity index (χ4v) is 1.51. The lowest BCUT2D eigenvalue weighted by Gasteiger charge is -2.21. The maximum Gasteiger partial charge on any atom is 0.407 e. The van der Waals surface area contributed by atoms with Gasteiger partial charge in [-0.05, 0) is 27.2 Å². The second-order valence-electron chi connectivity index (χ2n) is 4.88. The van der Waals surface area contributed by atoms with Crippen LogP contribution in [0.25, 0.3) is 0 Å². The second kappa shape index (κ2) is 4.69. The average Bonchev–Trinajstić information content (AvgIpc) is 2.48. The van der Waals surface area contributed by atoms with Crippen molar-refractivity contribution in [1.29, 1.82) is 0 Å². The molecule has 0 aromatic rings. The van der Waals surface area contributed by atoms with E-state index in [1.807, 2.05) is 0 Å². The second-order valence-corrected chi connectivity index (χ2v) is 4.88. The van der Waals surface area contributed by atoms with Crippen molar-refractivity contribution in [2.75, 3.05) is 6.54 Å². The molecule has 1 fully saturated rings. The lowest BCUT2D eigenvalue weighted by Crippen LogP contribution is -2.40. The van der Waals surface area contributed by atoms with Gasteiger partial charge in [-0.2, -0.15) is 0 Å². The molecule has 1 amide bonds. The Morgan fingerprint density at radius 2 is 2.06 bits per heavy atom. The van der Waals surface area contributed by atoms with Crippen molar-refractivity contribution in [1.82, 2.24) is 10.6 Å². The van der Waals surface area contributed by atoms with E-state index in [1.54, 1.807) is 20.8 Å². The van der Waals surface area contributed by atoms with Crippen LogP contribution in [-0.4, -0.2) is 41.4 Å². The van der Waals surface area contributed by atoms with Gasteiger partial charge in [0.25, 0.3) is 0 Å². The predicted molar refractivity (Wildman–Crippen MR) is 57.2 cm³/mol. The fourth-order valence-electron chi connectivity index (χ4n) is 1.51. The maximum atomic E-state index is 11.4. The number of aliphatic carboxylic acids is 1. The summed E-state index contributed by atoms with van der Waals surface area (Å²) in [6.07, 6.45) is -0.125. The molecule has 92 valence electrons. The number of alkyl carbamates (subject to hydrolysis) is 1. The first-order valence-corrected chi connectivity index (χ1v) is 5.23. The average molecular weight is 230 g/mol. The molecule has 16 heavy (non-hydrogen) atoms. The van der Waals surface area contributed by atoms with E-state index in [2.05, 4.69) is 10.6 Å². The summed E-state index contributed by atoms with van der Waals surface area (Å²) in [7, 11) is 0. The molecule has 6 heteroatoms. The summed E-state index contributed by atoms with van der Waals surface area (Å²) in [4.78, 5) is 22.0. The number of carbonyl (C=O) groups excluding carboxylic acids is 1. The summed E-state index contributed by atoms with van der Waals surface area (Å²) in [5.74, 6) is -0.895. The Kier molecular flexibility index (Phi) is 3.74. The number of carbonyl (C=O) groups is 2. The molecule has 2 atom stereocenters. The quantitative estimate of drug-likeness (QED) is 0.636. The molecule has 0 unspecified atom stereocenters. The van der Waals surface area contributed by atoms with E-state index in [9.17, 15) is 9.59 Å². The molecule has 0 saturated carbocycles. The summed E-state index contributed by atoms with van der Waals surface area (Å²) in [6.45, 7) is 5.79. The van der Waals surface area contributed by atoms with E-state index in [1.165, 1.54) is 0 Å². The maximum absolute atomic E-state index is 11.4. The van der Waals surface area contributed by atoms with Gasteiger partial charge in [0.05, 0.1) is 0 Å². The summed E-state index contributed by atoms with van der Waals surface area (Å²) in [5.41, 5.74) is -0.539. The summed E-state index contributed by atoms with van der Waals surface area (Å²) in [6, 6.07) is -0.768. The highest BCUT2D eigenvalue weighted by atomic mass is 16.6. The van der Waals surface area contributed by atoms with Crippen LogP contribution in [0.3, 0.4) is 0 Å². The van der Waals surface area contributed by atoms with E-state index in [0.29, 0.717) is 13.0 Å². The van der Waals surface area contributed by atoms with E-state index >= 15 is 0 Å².